The highest BCUT2D eigenvalue weighted by atomic mass is 16.4. The lowest BCUT2D eigenvalue weighted by Crippen LogP contribution is -2.26. The summed E-state index contributed by atoms with van der Waals surface area (Å²) in [7, 11) is 0. The van der Waals surface area contributed by atoms with Crippen molar-refractivity contribution < 1.29 is 15.0 Å². The van der Waals surface area contributed by atoms with Gasteiger partial charge in [-0.15, -0.1) is 0 Å². The summed E-state index contributed by atoms with van der Waals surface area (Å²) < 4.78 is 0. The van der Waals surface area contributed by atoms with Crippen molar-refractivity contribution in [3.8, 4) is 0 Å². The highest BCUT2D eigenvalue weighted by Gasteiger charge is 2.42. The van der Waals surface area contributed by atoms with Crippen molar-refractivity contribution in [2.75, 3.05) is 11.9 Å². The minimum absolute atomic E-state index is 0.0467. The van der Waals surface area contributed by atoms with Crippen molar-refractivity contribution in [1.29, 1.82) is 0 Å². The van der Waals surface area contributed by atoms with Gasteiger partial charge in [0.05, 0.1) is 17.7 Å². The van der Waals surface area contributed by atoms with Gasteiger partial charge in [-0.1, -0.05) is 0 Å². The number of aromatic nitrogens is 1. The molecule has 16 heavy (non-hydrogen) atoms. The Morgan fingerprint density at radius 3 is 2.75 bits per heavy atom. The van der Waals surface area contributed by atoms with E-state index in [-0.39, 0.29) is 17.7 Å². The second kappa shape index (κ2) is 3.75. The number of nitrogens with zero attached hydrogens (tertiary/aromatic N) is 1. The number of hydrogen-bond donors (Lipinski definition) is 3. The highest BCUT2D eigenvalue weighted by Crippen LogP contribution is 2.37. The van der Waals surface area contributed by atoms with Gasteiger partial charge in [0.15, 0.2) is 0 Å². The molecule has 1 aromatic heterocycles. The average Bonchev–Trinajstić information content (AvgIpc) is 2.97. The molecule has 0 atom stereocenters. The van der Waals surface area contributed by atoms with Crippen LogP contribution in [0.5, 0.6) is 0 Å². The first-order chi connectivity index (χ1) is 7.54. The molecule has 1 fully saturated rings. The summed E-state index contributed by atoms with van der Waals surface area (Å²) in [6, 6.07) is 3.01. The summed E-state index contributed by atoms with van der Waals surface area (Å²) in [6.45, 7) is 1.79. The van der Waals surface area contributed by atoms with E-state index < -0.39 is 5.97 Å². The Hall–Kier alpha value is -1.62. The third-order valence-electron chi connectivity index (χ3n) is 2.75. The third-order valence-corrected chi connectivity index (χ3v) is 2.75. The fourth-order valence-corrected chi connectivity index (χ4v) is 1.60. The first-order valence-electron chi connectivity index (χ1n) is 5.16. The van der Waals surface area contributed by atoms with E-state index in [2.05, 4.69) is 10.3 Å². The summed E-state index contributed by atoms with van der Waals surface area (Å²) in [5, 5.41) is 21.1. The van der Waals surface area contributed by atoms with Crippen LogP contribution in [0.2, 0.25) is 0 Å². The van der Waals surface area contributed by atoms with Crippen LogP contribution in [0, 0.1) is 6.92 Å². The molecule has 0 aromatic carbocycles. The Bertz CT molecular complexity index is 427. The summed E-state index contributed by atoms with van der Waals surface area (Å²) in [5.41, 5.74) is 0.580. The van der Waals surface area contributed by atoms with Crippen LogP contribution < -0.4 is 5.32 Å². The zero-order valence-electron chi connectivity index (χ0n) is 9.03. The zero-order valence-corrected chi connectivity index (χ0v) is 9.03. The van der Waals surface area contributed by atoms with Crippen molar-refractivity contribution in [2.24, 2.45) is 0 Å². The Labute approximate surface area is 93.1 Å². The molecule has 0 aliphatic heterocycles. The molecule has 5 nitrogen and oxygen atoms in total. The van der Waals surface area contributed by atoms with Gasteiger partial charge in [0.1, 0.15) is 5.82 Å². The minimum Gasteiger partial charge on any atom is -0.478 e. The third kappa shape index (κ3) is 2.14. The van der Waals surface area contributed by atoms with Crippen molar-refractivity contribution in [3.05, 3.63) is 23.4 Å². The van der Waals surface area contributed by atoms with Crippen LogP contribution >= 0.6 is 0 Å². The summed E-state index contributed by atoms with van der Waals surface area (Å²) >= 11 is 0. The maximum absolute atomic E-state index is 10.9. The van der Waals surface area contributed by atoms with Gasteiger partial charge < -0.3 is 15.5 Å². The number of carboxylic acids is 1. The smallest absolute Gasteiger partial charge is 0.335 e. The van der Waals surface area contributed by atoms with E-state index in [1.54, 1.807) is 6.92 Å². The van der Waals surface area contributed by atoms with Gasteiger partial charge in [-0.05, 0) is 31.9 Å². The van der Waals surface area contributed by atoms with Crippen LogP contribution in [0.4, 0.5) is 5.82 Å². The number of hydrogen-bond acceptors (Lipinski definition) is 4. The molecule has 5 heteroatoms. The molecule has 1 heterocycles. The Kier molecular flexibility index (Phi) is 2.55. The number of carboxylic acid groups (broad SMARTS) is 1. The molecule has 0 spiro atoms. The number of aromatic carboxylic acids is 1. The quantitative estimate of drug-likeness (QED) is 0.708. The van der Waals surface area contributed by atoms with E-state index >= 15 is 0 Å². The van der Waals surface area contributed by atoms with Crippen LogP contribution in [0.3, 0.4) is 0 Å². The average molecular weight is 222 g/mol. The number of aliphatic hydroxyl groups is 1. The summed E-state index contributed by atoms with van der Waals surface area (Å²) in [5.74, 6) is -0.452. The van der Waals surface area contributed by atoms with Crippen molar-refractivity contribution in [1.82, 2.24) is 4.98 Å². The first-order valence-corrected chi connectivity index (χ1v) is 5.16. The molecule has 86 valence electrons. The molecule has 1 aromatic rings. The van der Waals surface area contributed by atoms with Gasteiger partial charge >= 0.3 is 5.97 Å². The lowest BCUT2D eigenvalue weighted by atomic mass is 10.2. The molecule has 3 N–H and O–H groups in total. The van der Waals surface area contributed by atoms with Gasteiger partial charge in [-0.3, -0.25) is 0 Å². The number of pyridine rings is 1. The minimum atomic E-state index is -0.970. The van der Waals surface area contributed by atoms with E-state index in [4.69, 9.17) is 10.2 Å². The Morgan fingerprint density at radius 1 is 1.56 bits per heavy atom. The van der Waals surface area contributed by atoms with Crippen molar-refractivity contribution in [3.63, 3.8) is 0 Å². The molecule has 2 rings (SSSR count). The molecular formula is C11H14N2O3. The topological polar surface area (TPSA) is 82.5 Å². The lowest BCUT2D eigenvalue weighted by Gasteiger charge is -2.15. The standard InChI is InChI=1S/C11H14N2O3/c1-7-4-8(10(15)16)5-9(12-7)13-11(6-14)2-3-11/h4-5,14H,2-3,6H2,1H3,(H,12,13)(H,15,16). The second-order valence-electron chi connectivity index (χ2n) is 4.25. The van der Waals surface area contributed by atoms with Gasteiger partial charge in [0.25, 0.3) is 0 Å². The predicted octanol–water partition coefficient (Wildman–Crippen LogP) is 1.03. The summed E-state index contributed by atoms with van der Waals surface area (Å²) in [6.07, 6.45) is 1.78. The fraction of sp³-hybridized carbons (Fsp3) is 0.455. The molecule has 1 aliphatic rings. The Morgan fingerprint density at radius 2 is 2.25 bits per heavy atom. The normalized spacial score (nSPS) is 16.9. The van der Waals surface area contributed by atoms with E-state index in [0.29, 0.717) is 11.5 Å². The number of anilines is 1. The van der Waals surface area contributed by atoms with Crippen LogP contribution in [-0.2, 0) is 0 Å². The largest absolute Gasteiger partial charge is 0.478 e. The van der Waals surface area contributed by atoms with Crippen LogP contribution in [0.1, 0.15) is 28.9 Å². The van der Waals surface area contributed by atoms with E-state index in [1.807, 2.05) is 0 Å². The second-order valence-corrected chi connectivity index (χ2v) is 4.25. The number of aryl methyl sites for hydroxylation is 1. The van der Waals surface area contributed by atoms with Crippen LogP contribution in [-0.4, -0.2) is 33.3 Å². The number of carbonyl (C=O) groups is 1. The van der Waals surface area contributed by atoms with Gasteiger partial charge in [0, 0.05) is 5.69 Å². The predicted molar refractivity (Wildman–Crippen MR) is 58.6 cm³/mol. The molecule has 0 unspecified atom stereocenters. The molecule has 0 amide bonds. The van der Waals surface area contributed by atoms with Crippen molar-refractivity contribution >= 4 is 11.8 Å². The van der Waals surface area contributed by atoms with Gasteiger partial charge in [-0.2, -0.15) is 0 Å². The Balaban J connectivity index is 2.24. The molecule has 1 aliphatic carbocycles. The lowest BCUT2D eigenvalue weighted by molar-refractivity contribution is 0.0696. The van der Waals surface area contributed by atoms with E-state index in [9.17, 15) is 4.79 Å². The first kappa shape index (κ1) is 10.9. The van der Waals surface area contributed by atoms with Crippen LogP contribution in [0.15, 0.2) is 12.1 Å². The maximum Gasteiger partial charge on any atom is 0.335 e. The summed E-state index contributed by atoms with van der Waals surface area (Å²) in [4.78, 5) is 15.1. The van der Waals surface area contributed by atoms with E-state index in [0.717, 1.165) is 12.8 Å². The highest BCUT2D eigenvalue weighted by molar-refractivity contribution is 5.88. The van der Waals surface area contributed by atoms with Crippen molar-refractivity contribution in [2.45, 2.75) is 25.3 Å². The number of aliphatic hydroxyl groups excluding tert-OH is 1. The molecule has 1 saturated carbocycles. The van der Waals surface area contributed by atoms with Gasteiger partial charge in [0.2, 0.25) is 0 Å². The molecule has 0 radical (unpaired) electrons. The zero-order chi connectivity index (χ0) is 11.8. The maximum atomic E-state index is 10.9. The SMILES string of the molecule is Cc1cc(C(=O)O)cc(NC2(CO)CC2)n1. The van der Waals surface area contributed by atoms with Gasteiger partial charge in [-0.25, -0.2) is 9.78 Å². The van der Waals surface area contributed by atoms with E-state index in [1.165, 1.54) is 12.1 Å². The molecule has 0 saturated heterocycles. The van der Waals surface area contributed by atoms with Crippen LogP contribution in [0.25, 0.3) is 0 Å². The monoisotopic (exact) mass is 222 g/mol. The number of nitrogens with one attached hydrogen (secondary N) is 1. The number of rotatable bonds is 4. The molecule has 0 bridgehead atoms. The molecular weight excluding hydrogens is 208 g/mol. The fourth-order valence-electron chi connectivity index (χ4n) is 1.60.